The van der Waals surface area contributed by atoms with Crippen molar-refractivity contribution in [2.75, 3.05) is 0 Å². The molecule has 0 unspecified atom stereocenters. The number of hydrogen-bond acceptors (Lipinski definition) is 5. The number of carboxylic acid groups (broad SMARTS) is 2. The molecule has 2 aromatic heterocycles. The van der Waals surface area contributed by atoms with E-state index in [2.05, 4.69) is 15.0 Å². The van der Waals surface area contributed by atoms with Gasteiger partial charge < -0.3 is 19.9 Å². The van der Waals surface area contributed by atoms with Crippen molar-refractivity contribution in [3.63, 3.8) is 0 Å². The Balaban J connectivity index is 1.37. The van der Waals surface area contributed by atoms with E-state index >= 15 is 0 Å². The van der Waals surface area contributed by atoms with E-state index in [9.17, 15) is 19.8 Å². The SMILES string of the molecule is O=C(O)C1(C(=O)O)CC(Oc2nc3nc(-c4ccc(-c5ccccc5)cc4)c(Cl)cc3[nH]2)C1. The summed E-state index contributed by atoms with van der Waals surface area (Å²) in [5.74, 6) is -2.73. The van der Waals surface area contributed by atoms with Gasteiger partial charge in [0.1, 0.15) is 6.10 Å². The Bertz CT molecular complexity index is 1350. The average Bonchev–Trinajstić information content (AvgIpc) is 3.16. The van der Waals surface area contributed by atoms with Gasteiger partial charge in [0.05, 0.1) is 16.2 Å². The third-order valence-electron chi connectivity index (χ3n) is 5.92. The zero-order valence-electron chi connectivity index (χ0n) is 17.2. The summed E-state index contributed by atoms with van der Waals surface area (Å²) < 4.78 is 5.66. The molecule has 1 aliphatic rings. The van der Waals surface area contributed by atoms with Gasteiger partial charge >= 0.3 is 11.9 Å². The lowest BCUT2D eigenvalue weighted by Crippen LogP contribution is -2.54. The van der Waals surface area contributed by atoms with Crippen LogP contribution in [-0.4, -0.2) is 43.2 Å². The second kappa shape index (κ2) is 7.90. The van der Waals surface area contributed by atoms with Crippen LogP contribution in [-0.2, 0) is 9.59 Å². The largest absolute Gasteiger partial charge is 0.480 e. The number of aromatic nitrogens is 3. The molecule has 166 valence electrons. The number of ether oxygens (including phenoxy) is 1. The van der Waals surface area contributed by atoms with Crippen LogP contribution in [0.1, 0.15) is 12.8 Å². The standard InChI is InChI=1S/C24H18ClN3O5/c25-17-10-18-20(28-23(26-18)33-16-11-24(12-16,21(29)30)22(31)32)27-19(17)15-8-6-14(7-9-15)13-4-2-1-3-5-13/h1-10,16H,11-12H2,(H,29,30)(H,31,32)(H,26,27,28). The predicted molar refractivity (Wildman–Crippen MR) is 121 cm³/mol. The molecule has 2 heterocycles. The molecule has 0 amide bonds. The van der Waals surface area contributed by atoms with Crippen molar-refractivity contribution in [2.45, 2.75) is 18.9 Å². The van der Waals surface area contributed by atoms with Gasteiger partial charge in [0.15, 0.2) is 11.1 Å². The second-order valence-corrected chi connectivity index (χ2v) is 8.42. The first-order valence-electron chi connectivity index (χ1n) is 10.2. The van der Waals surface area contributed by atoms with Crippen molar-refractivity contribution in [2.24, 2.45) is 5.41 Å². The average molecular weight is 464 g/mol. The lowest BCUT2D eigenvalue weighted by Gasteiger charge is -2.39. The van der Waals surface area contributed by atoms with Gasteiger partial charge in [-0.1, -0.05) is 66.2 Å². The van der Waals surface area contributed by atoms with Gasteiger partial charge in [0.2, 0.25) is 0 Å². The highest BCUT2D eigenvalue weighted by Crippen LogP contribution is 2.43. The van der Waals surface area contributed by atoms with Crippen molar-refractivity contribution in [1.29, 1.82) is 0 Å². The highest BCUT2D eigenvalue weighted by Gasteiger charge is 2.58. The number of H-pyrrole nitrogens is 1. The number of carbonyl (C=O) groups is 2. The molecule has 0 bridgehead atoms. The molecule has 1 aliphatic carbocycles. The maximum absolute atomic E-state index is 11.3. The summed E-state index contributed by atoms with van der Waals surface area (Å²) >= 11 is 6.47. The van der Waals surface area contributed by atoms with Crippen LogP contribution < -0.4 is 4.74 Å². The number of halogens is 1. The molecular weight excluding hydrogens is 446 g/mol. The van der Waals surface area contributed by atoms with Crippen molar-refractivity contribution in [1.82, 2.24) is 15.0 Å². The zero-order chi connectivity index (χ0) is 23.2. The third-order valence-corrected chi connectivity index (χ3v) is 6.21. The van der Waals surface area contributed by atoms with E-state index in [1.807, 2.05) is 54.6 Å². The van der Waals surface area contributed by atoms with Gasteiger partial charge in [0.25, 0.3) is 6.01 Å². The van der Waals surface area contributed by atoms with E-state index in [-0.39, 0.29) is 18.9 Å². The lowest BCUT2D eigenvalue weighted by molar-refractivity contribution is -0.179. The van der Waals surface area contributed by atoms with E-state index in [0.29, 0.717) is 21.9 Å². The van der Waals surface area contributed by atoms with Crippen LogP contribution in [0.2, 0.25) is 5.02 Å². The molecule has 2 aromatic carbocycles. The molecule has 0 spiro atoms. The first kappa shape index (κ1) is 21.0. The molecule has 8 nitrogen and oxygen atoms in total. The van der Waals surface area contributed by atoms with Crippen LogP contribution in [0.25, 0.3) is 33.5 Å². The van der Waals surface area contributed by atoms with Crippen molar-refractivity contribution in [3.8, 4) is 28.4 Å². The molecule has 5 rings (SSSR count). The van der Waals surface area contributed by atoms with Gasteiger partial charge in [-0.05, 0) is 17.2 Å². The highest BCUT2D eigenvalue weighted by molar-refractivity contribution is 6.33. The molecule has 0 aliphatic heterocycles. The fourth-order valence-electron chi connectivity index (χ4n) is 4.00. The Labute approximate surface area is 192 Å². The summed E-state index contributed by atoms with van der Waals surface area (Å²) in [5, 5.41) is 18.9. The molecule has 4 aromatic rings. The number of hydrogen-bond donors (Lipinski definition) is 3. The smallest absolute Gasteiger partial charge is 0.321 e. The number of aromatic amines is 1. The van der Waals surface area contributed by atoms with Crippen LogP contribution in [0.4, 0.5) is 0 Å². The molecule has 0 radical (unpaired) electrons. The highest BCUT2D eigenvalue weighted by atomic mass is 35.5. The number of aliphatic carboxylic acids is 2. The maximum atomic E-state index is 11.3. The minimum atomic E-state index is -1.81. The Morgan fingerprint density at radius 1 is 0.939 bits per heavy atom. The fraction of sp³-hybridized carbons (Fsp3) is 0.167. The Hall–Kier alpha value is -3.91. The summed E-state index contributed by atoms with van der Waals surface area (Å²) in [7, 11) is 0. The van der Waals surface area contributed by atoms with Crippen LogP contribution in [0.3, 0.4) is 0 Å². The molecule has 0 saturated heterocycles. The van der Waals surface area contributed by atoms with E-state index in [4.69, 9.17) is 16.3 Å². The molecular formula is C24H18ClN3O5. The number of fused-ring (bicyclic) bond motifs is 1. The summed E-state index contributed by atoms with van der Waals surface area (Å²) in [6.45, 7) is 0. The molecule has 9 heteroatoms. The normalized spacial score (nSPS) is 15.2. The molecule has 0 atom stereocenters. The number of nitrogens with zero attached hydrogens (tertiary/aromatic N) is 2. The molecule has 33 heavy (non-hydrogen) atoms. The van der Waals surface area contributed by atoms with Gasteiger partial charge in [-0.15, -0.1) is 0 Å². The topological polar surface area (TPSA) is 125 Å². The quantitative estimate of drug-likeness (QED) is 0.355. The number of imidazole rings is 1. The van der Waals surface area contributed by atoms with Gasteiger partial charge in [0, 0.05) is 18.4 Å². The molecule has 3 N–H and O–H groups in total. The van der Waals surface area contributed by atoms with Gasteiger partial charge in [-0.2, -0.15) is 4.98 Å². The minimum Gasteiger partial charge on any atom is -0.480 e. The lowest BCUT2D eigenvalue weighted by atomic mass is 9.66. The van der Waals surface area contributed by atoms with Crippen LogP contribution >= 0.6 is 11.6 Å². The fourth-order valence-corrected chi connectivity index (χ4v) is 4.27. The zero-order valence-corrected chi connectivity index (χ0v) is 17.9. The Kier molecular flexibility index (Phi) is 5.02. The van der Waals surface area contributed by atoms with Crippen LogP contribution in [0.5, 0.6) is 6.01 Å². The Morgan fingerprint density at radius 2 is 1.55 bits per heavy atom. The summed E-state index contributed by atoms with van der Waals surface area (Å²) in [4.78, 5) is 34.5. The van der Waals surface area contributed by atoms with Gasteiger partial charge in [-0.3, -0.25) is 9.59 Å². The van der Waals surface area contributed by atoms with E-state index in [1.165, 1.54) is 0 Å². The summed E-state index contributed by atoms with van der Waals surface area (Å²) in [5.41, 5.74) is 2.72. The van der Waals surface area contributed by atoms with Crippen molar-refractivity contribution in [3.05, 3.63) is 65.7 Å². The molecule has 1 fully saturated rings. The predicted octanol–water partition coefficient (Wildman–Crippen LogP) is 4.64. The van der Waals surface area contributed by atoms with Gasteiger partial charge in [-0.25, -0.2) is 4.98 Å². The van der Waals surface area contributed by atoms with E-state index < -0.39 is 23.5 Å². The molecule has 1 saturated carbocycles. The Morgan fingerprint density at radius 3 is 2.18 bits per heavy atom. The monoisotopic (exact) mass is 463 g/mol. The van der Waals surface area contributed by atoms with Crippen LogP contribution in [0, 0.1) is 5.41 Å². The number of rotatable bonds is 6. The first-order chi connectivity index (χ1) is 15.9. The minimum absolute atomic E-state index is 0.137. The first-order valence-corrected chi connectivity index (χ1v) is 10.6. The third kappa shape index (κ3) is 3.68. The summed E-state index contributed by atoms with van der Waals surface area (Å²) in [6.07, 6.45) is -0.845. The maximum Gasteiger partial charge on any atom is 0.321 e. The van der Waals surface area contributed by atoms with Crippen molar-refractivity contribution < 1.29 is 24.5 Å². The van der Waals surface area contributed by atoms with Crippen LogP contribution in [0.15, 0.2) is 60.7 Å². The van der Waals surface area contributed by atoms with E-state index in [1.54, 1.807) is 6.07 Å². The number of nitrogens with one attached hydrogen (secondary N) is 1. The second-order valence-electron chi connectivity index (χ2n) is 8.02. The number of pyridine rings is 1. The summed E-state index contributed by atoms with van der Waals surface area (Å²) in [6, 6.07) is 19.7. The number of carboxylic acids is 2. The van der Waals surface area contributed by atoms with Crippen molar-refractivity contribution >= 4 is 34.7 Å². The van der Waals surface area contributed by atoms with E-state index in [0.717, 1.165) is 16.7 Å². The number of benzene rings is 2.